The van der Waals surface area contributed by atoms with Gasteiger partial charge in [-0.1, -0.05) is 23.7 Å². The predicted octanol–water partition coefficient (Wildman–Crippen LogP) is 3.16. The van der Waals surface area contributed by atoms with Gasteiger partial charge < -0.3 is 10.5 Å². The van der Waals surface area contributed by atoms with Crippen LogP contribution in [-0.2, 0) is 0 Å². The van der Waals surface area contributed by atoms with Gasteiger partial charge in [0.1, 0.15) is 5.84 Å². The first-order chi connectivity index (χ1) is 7.84. The second-order valence-electron chi connectivity index (χ2n) is 4.64. The average Bonchev–Trinajstić information content (AvgIpc) is 2.23. The lowest BCUT2D eigenvalue weighted by Gasteiger charge is -2.24. The number of rotatable bonds is 4. The molecule has 0 unspecified atom stereocenters. The van der Waals surface area contributed by atoms with Crippen LogP contribution in [0.25, 0.3) is 0 Å². The number of allylic oxidation sites excluding steroid dienone is 1. The fourth-order valence-corrected chi connectivity index (χ4v) is 1.38. The van der Waals surface area contributed by atoms with E-state index in [9.17, 15) is 0 Å². The van der Waals surface area contributed by atoms with Crippen molar-refractivity contribution in [3.63, 3.8) is 0 Å². The SMILES string of the molecule is CCN=C(NC(C)(C)C)/C(=C/C(Cl)=NO)CC. The van der Waals surface area contributed by atoms with Crippen LogP contribution in [0, 0.1) is 0 Å². The first-order valence-electron chi connectivity index (χ1n) is 5.75. The molecule has 0 aromatic heterocycles. The summed E-state index contributed by atoms with van der Waals surface area (Å²) in [5.74, 6) is 0.796. The van der Waals surface area contributed by atoms with Gasteiger partial charge in [-0.05, 0) is 45.8 Å². The van der Waals surface area contributed by atoms with Gasteiger partial charge in [-0.25, -0.2) is 0 Å². The monoisotopic (exact) mass is 259 g/mol. The van der Waals surface area contributed by atoms with Gasteiger partial charge >= 0.3 is 0 Å². The van der Waals surface area contributed by atoms with Crippen molar-refractivity contribution in [2.75, 3.05) is 6.54 Å². The molecule has 0 aliphatic rings. The van der Waals surface area contributed by atoms with Crippen LogP contribution in [0.1, 0.15) is 41.0 Å². The van der Waals surface area contributed by atoms with E-state index in [4.69, 9.17) is 16.8 Å². The van der Waals surface area contributed by atoms with Gasteiger partial charge in [0.05, 0.1) is 0 Å². The minimum atomic E-state index is -0.0783. The van der Waals surface area contributed by atoms with Gasteiger partial charge in [-0.3, -0.25) is 4.99 Å². The number of nitrogens with one attached hydrogen (secondary N) is 1. The average molecular weight is 260 g/mol. The van der Waals surface area contributed by atoms with Gasteiger partial charge in [-0.2, -0.15) is 0 Å². The van der Waals surface area contributed by atoms with Gasteiger partial charge in [0.2, 0.25) is 0 Å². The van der Waals surface area contributed by atoms with Gasteiger partial charge in [0.15, 0.2) is 5.17 Å². The molecule has 0 radical (unpaired) electrons. The molecule has 0 rings (SSSR count). The molecule has 4 nitrogen and oxygen atoms in total. The van der Waals surface area contributed by atoms with Crippen molar-refractivity contribution < 1.29 is 5.21 Å². The third-order valence-corrected chi connectivity index (χ3v) is 2.07. The van der Waals surface area contributed by atoms with Crippen LogP contribution < -0.4 is 5.32 Å². The summed E-state index contributed by atoms with van der Waals surface area (Å²) in [6, 6.07) is 0. The molecule has 0 saturated carbocycles. The van der Waals surface area contributed by atoms with Crippen LogP contribution in [0.3, 0.4) is 0 Å². The molecule has 0 fully saturated rings. The Kier molecular flexibility index (Phi) is 6.88. The Hall–Kier alpha value is -1.03. The molecule has 2 N–H and O–H groups in total. The number of nitrogens with zero attached hydrogens (tertiary/aromatic N) is 2. The van der Waals surface area contributed by atoms with E-state index in [0.29, 0.717) is 6.54 Å². The van der Waals surface area contributed by atoms with E-state index in [0.717, 1.165) is 17.8 Å². The van der Waals surface area contributed by atoms with E-state index in [1.54, 1.807) is 6.08 Å². The normalized spacial score (nSPS) is 15.1. The van der Waals surface area contributed by atoms with E-state index >= 15 is 0 Å². The van der Waals surface area contributed by atoms with Crippen molar-refractivity contribution in [3.8, 4) is 0 Å². The summed E-state index contributed by atoms with van der Waals surface area (Å²) in [6.07, 6.45) is 2.38. The molecule has 5 heteroatoms. The minimum absolute atomic E-state index is 0.0568. The number of aliphatic imine (C=N–C) groups is 1. The van der Waals surface area contributed by atoms with Crippen molar-refractivity contribution in [1.82, 2.24) is 5.32 Å². The Morgan fingerprint density at radius 1 is 1.35 bits per heavy atom. The summed E-state index contributed by atoms with van der Waals surface area (Å²) in [5, 5.41) is 14.9. The van der Waals surface area contributed by atoms with Crippen molar-refractivity contribution in [1.29, 1.82) is 0 Å². The highest BCUT2D eigenvalue weighted by Gasteiger charge is 2.14. The number of oxime groups is 1. The maximum atomic E-state index is 8.57. The topological polar surface area (TPSA) is 57.0 Å². The zero-order chi connectivity index (χ0) is 13.5. The molecule has 0 amide bonds. The zero-order valence-corrected chi connectivity index (χ0v) is 12.0. The molecule has 0 saturated heterocycles. The maximum Gasteiger partial charge on any atom is 0.168 e. The Labute approximate surface area is 108 Å². The number of amidine groups is 1. The number of hydrogen-bond donors (Lipinski definition) is 2. The lowest BCUT2D eigenvalue weighted by Crippen LogP contribution is -2.41. The Morgan fingerprint density at radius 2 is 1.94 bits per heavy atom. The molecule has 0 bridgehead atoms. The molecule has 17 heavy (non-hydrogen) atoms. The lowest BCUT2D eigenvalue weighted by molar-refractivity contribution is 0.321. The van der Waals surface area contributed by atoms with Crippen LogP contribution in [-0.4, -0.2) is 28.3 Å². The molecule has 98 valence electrons. The Bertz CT molecular complexity index is 327. The highest BCUT2D eigenvalue weighted by Crippen LogP contribution is 2.09. The largest absolute Gasteiger partial charge is 0.410 e. The van der Waals surface area contributed by atoms with Gasteiger partial charge in [0.25, 0.3) is 0 Å². The van der Waals surface area contributed by atoms with E-state index in [1.807, 2.05) is 13.8 Å². The van der Waals surface area contributed by atoms with Crippen molar-refractivity contribution in [2.24, 2.45) is 10.1 Å². The standard InChI is InChI=1S/C12H22ClN3O/c1-6-9(8-10(13)16-17)11(14-7-2)15-12(3,4)5/h8,17H,6-7H2,1-5H3,(H,14,15)/b9-8+,16-10?. The number of hydrogen-bond acceptors (Lipinski definition) is 3. The molecule has 0 heterocycles. The molecule has 0 atom stereocenters. The van der Waals surface area contributed by atoms with Crippen LogP contribution in [0.2, 0.25) is 0 Å². The van der Waals surface area contributed by atoms with Crippen LogP contribution >= 0.6 is 11.6 Å². The lowest BCUT2D eigenvalue weighted by atomic mass is 10.1. The molecular formula is C12H22ClN3O. The summed E-state index contributed by atoms with van der Waals surface area (Å²) < 4.78 is 0. The summed E-state index contributed by atoms with van der Waals surface area (Å²) in [5.41, 5.74) is 0.843. The molecule has 0 aliphatic heterocycles. The van der Waals surface area contributed by atoms with Crippen LogP contribution in [0.4, 0.5) is 0 Å². The second kappa shape index (κ2) is 7.33. The third kappa shape index (κ3) is 7.00. The molecular weight excluding hydrogens is 238 g/mol. The zero-order valence-electron chi connectivity index (χ0n) is 11.2. The third-order valence-electron chi connectivity index (χ3n) is 1.88. The Balaban J connectivity index is 5.16. The maximum absolute atomic E-state index is 8.57. The van der Waals surface area contributed by atoms with E-state index in [-0.39, 0.29) is 10.7 Å². The first kappa shape index (κ1) is 16.0. The molecule has 0 aromatic carbocycles. The minimum Gasteiger partial charge on any atom is -0.410 e. The summed E-state index contributed by atoms with van der Waals surface area (Å²) in [7, 11) is 0. The van der Waals surface area contributed by atoms with Gasteiger partial charge in [-0.15, -0.1) is 0 Å². The summed E-state index contributed by atoms with van der Waals surface area (Å²) in [4.78, 5) is 4.41. The highest BCUT2D eigenvalue weighted by molar-refractivity contribution is 6.68. The van der Waals surface area contributed by atoms with Crippen LogP contribution in [0.5, 0.6) is 0 Å². The van der Waals surface area contributed by atoms with E-state index < -0.39 is 0 Å². The summed E-state index contributed by atoms with van der Waals surface area (Å²) >= 11 is 5.70. The molecule has 0 aliphatic carbocycles. The number of halogens is 1. The quantitative estimate of drug-likeness (QED) is 0.353. The first-order valence-corrected chi connectivity index (χ1v) is 6.13. The van der Waals surface area contributed by atoms with Crippen molar-refractivity contribution in [3.05, 3.63) is 11.6 Å². The van der Waals surface area contributed by atoms with Gasteiger partial charge in [0, 0.05) is 12.1 Å². The second-order valence-corrected chi connectivity index (χ2v) is 5.03. The molecule has 0 aromatic rings. The molecule has 0 spiro atoms. The smallest absolute Gasteiger partial charge is 0.168 e. The predicted molar refractivity (Wildman–Crippen MR) is 74.3 cm³/mol. The van der Waals surface area contributed by atoms with Crippen molar-refractivity contribution >= 4 is 22.6 Å². The fraction of sp³-hybridized carbons (Fsp3) is 0.667. The summed E-state index contributed by atoms with van der Waals surface area (Å²) in [6.45, 7) is 10.8. The van der Waals surface area contributed by atoms with Crippen LogP contribution in [0.15, 0.2) is 21.8 Å². The Morgan fingerprint density at radius 3 is 2.29 bits per heavy atom. The van der Waals surface area contributed by atoms with E-state index in [1.165, 1.54) is 0 Å². The van der Waals surface area contributed by atoms with E-state index in [2.05, 4.69) is 36.2 Å². The highest BCUT2D eigenvalue weighted by atomic mass is 35.5. The van der Waals surface area contributed by atoms with Crippen molar-refractivity contribution in [2.45, 2.75) is 46.6 Å². The fourth-order valence-electron chi connectivity index (χ4n) is 1.25.